The summed E-state index contributed by atoms with van der Waals surface area (Å²) in [5.74, 6) is 0.837. The zero-order valence-electron chi connectivity index (χ0n) is 16.1. The van der Waals surface area contributed by atoms with Crippen LogP contribution in [0.15, 0.2) is 53.4 Å². The summed E-state index contributed by atoms with van der Waals surface area (Å²) >= 11 is 1.67. The zero-order chi connectivity index (χ0) is 19.4. The van der Waals surface area contributed by atoms with Gasteiger partial charge < -0.3 is 10.2 Å². The number of thioether (sulfide) groups is 1. The maximum absolute atomic E-state index is 12.7. The second-order valence-electron chi connectivity index (χ2n) is 7.76. The molecule has 1 N–H and O–H groups in total. The van der Waals surface area contributed by atoms with E-state index in [1.54, 1.807) is 11.8 Å². The lowest BCUT2D eigenvalue weighted by molar-refractivity contribution is -0.125. The van der Waals surface area contributed by atoms with E-state index in [1.807, 2.05) is 74.2 Å². The maximum Gasteiger partial charge on any atom is 0.232 e. The van der Waals surface area contributed by atoms with Gasteiger partial charge in [0.1, 0.15) is 0 Å². The largest absolute Gasteiger partial charge is 0.326 e. The molecular weight excluding hydrogens is 356 g/mol. The summed E-state index contributed by atoms with van der Waals surface area (Å²) in [6, 6.07) is 15.9. The van der Waals surface area contributed by atoms with Gasteiger partial charge in [0, 0.05) is 40.4 Å². The molecule has 0 atom stereocenters. The molecule has 0 unspecified atom stereocenters. The number of amides is 2. The lowest BCUT2D eigenvalue weighted by atomic mass is 9.94. The highest BCUT2D eigenvalue weighted by Gasteiger charge is 2.32. The first-order chi connectivity index (χ1) is 12.8. The van der Waals surface area contributed by atoms with Gasteiger partial charge in [-0.05, 0) is 36.2 Å². The number of fused-ring (bicyclic) bond motifs is 1. The highest BCUT2D eigenvalue weighted by molar-refractivity contribution is 7.99. The fraction of sp³-hybridized carbons (Fsp3) is 0.364. The van der Waals surface area contributed by atoms with Gasteiger partial charge in [-0.15, -0.1) is 11.8 Å². The van der Waals surface area contributed by atoms with Gasteiger partial charge in [-0.2, -0.15) is 0 Å². The number of carbonyl (C=O) groups is 2. The summed E-state index contributed by atoms with van der Waals surface area (Å²) in [7, 11) is 0. The topological polar surface area (TPSA) is 49.4 Å². The molecule has 0 fully saturated rings. The van der Waals surface area contributed by atoms with Gasteiger partial charge >= 0.3 is 0 Å². The number of anilines is 2. The second kappa shape index (κ2) is 8.17. The molecule has 4 nitrogen and oxygen atoms in total. The second-order valence-corrected chi connectivity index (χ2v) is 8.93. The quantitative estimate of drug-likeness (QED) is 0.760. The van der Waals surface area contributed by atoms with E-state index in [9.17, 15) is 9.59 Å². The Kier molecular flexibility index (Phi) is 5.90. The van der Waals surface area contributed by atoms with Crippen LogP contribution in [0, 0.1) is 5.41 Å². The van der Waals surface area contributed by atoms with E-state index >= 15 is 0 Å². The van der Waals surface area contributed by atoms with Crippen molar-refractivity contribution in [1.82, 2.24) is 0 Å². The SMILES string of the molecule is CC(C)(C)C(=O)N1CCc2ccc(NC(=O)CCSc3ccccc3)cc21. The summed E-state index contributed by atoms with van der Waals surface area (Å²) in [4.78, 5) is 28.0. The predicted molar refractivity (Wildman–Crippen MR) is 112 cm³/mol. The molecule has 0 bridgehead atoms. The molecule has 27 heavy (non-hydrogen) atoms. The smallest absolute Gasteiger partial charge is 0.232 e. The Labute approximate surface area is 165 Å². The summed E-state index contributed by atoms with van der Waals surface area (Å²) in [6.45, 7) is 6.51. The number of benzene rings is 2. The van der Waals surface area contributed by atoms with Gasteiger partial charge in [0.25, 0.3) is 0 Å². The minimum Gasteiger partial charge on any atom is -0.326 e. The van der Waals surface area contributed by atoms with E-state index in [4.69, 9.17) is 0 Å². The highest BCUT2D eigenvalue weighted by Crippen LogP contribution is 2.34. The normalized spacial score (nSPS) is 13.4. The van der Waals surface area contributed by atoms with Crippen LogP contribution in [0.5, 0.6) is 0 Å². The molecule has 3 rings (SSSR count). The maximum atomic E-state index is 12.7. The van der Waals surface area contributed by atoms with Crippen molar-refractivity contribution in [3.05, 3.63) is 54.1 Å². The number of hydrogen-bond acceptors (Lipinski definition) is 3. The number of nitrogens with zero attached hydrogens (tertiary/aromatic N) is 1. The molecular formula is C22H26N2O2S. The Balaban J connectivity index is 1.60. The fourth-order valence-electron chi connectivity index (χ4n) is 3.07. The van der Waals surface area contributed by atoms with Crippen molar-refractivity contribution in [2.24, 2.45) is 5.41 Å². The van der Waals surface area contributed by atoms with Gasteiger partial charge in [0.2, 0.25) is 11.8 Å². The first-order valence-electron chi connectivity index (χ1n) is 9.27. The Bertz CT molecular complexity index is 828. The Morgan fingerprint density at radius 1 is 1.11 bits per heavy atom. The van der Waals surface area contributed by atoms with Crippen LogP contribution in [0.2, 0.25) is 0 Å². The van der Waals surface area contributed by atoms with E-state index in [1.165, 1.54) is 4.90 Å². The lowest BCUT2D eigenvalue weighted by Crippen LogP contribution is -2.38. The van der Waals surface area contributed by atoms with Crippen molar-refractivity contribution in [3.63, 3.8) is 0 Å². The third kappa shape index (κ3) is 4.92. The zero-order valence-corrected chi connectivity index (χ0v) is 16.9. The van der Waals surface area contributed by atoms with Crippen LogP contribution in [0.4, 0.5) is 11.4 Å². The molecule has 5 heteroatoms. The molecule has 1 aliphatic heterocycles. The van der Waals surface area contributed by atoms with Crippen LogP contribution in [0.25, 0.3) is 0 Å². The molecule has 0 aromatic heterocycles. The van der Waals surface area contributed by atoms with Crippen LogP contribution in [-0.4, -0.2) is 24.1 Å². The summed E-state index contributed by atoms with van der Waals surface area (Å²) in [5, 5.41) is 2.97. The van der Waals surface area contributed by atoms with Crippen molar-refractivity contribution in [2.75, 3.05) is 22.5 Å². The molecule has 142 valence electrons. The summed E-state index contributed by atoms with van der Waals surface area (Å²) in [6.07, 6.45) is 1.31. The van der Waals surface area contributed by atoms with Crippen LogP contribution >= 0.6 is 11.8 Å². The van der Waals surface area contributed by atoms with E-state index in [-0.39, 0.29) is 11.8 Å². The van der Waals surface area contributed by atoms with Crippen molar-refractivity contribution in [3.8, 4) is 0 Å². The molecule has 0 spiro atoms. The summed E-state index contributed by atoms with van der Waals surface area (Å²) < 4.78 is 0. The van der Waals surface area contributed by atoms with Crippen molar-refractivity contribution < 1.29 is 9.59 Å². The molecule has 1 aliphatic rings. The lowest BCUT2D eigenvalue weighted by Gasteiger charge is -2.26. The Morgan fingerprint density at radius 3 is 2.56 bits per heavy atom. The van der Waals surface area contributed by atoms with E-state index in [0.717, 1.165) is 29.1 Å². The molecule has 0 saturated carbocycles. The molecule has 0 saturated heterocycles. The Hall–Kier alpha value is -2.27. The van der Waals surface area contributed by atoms with Gasteiger partial charge in [0.05, 0.1) is 0 Å². The Morgan fingerprint density at radius 2 is 1.85 bits per heavy atom. The average molecular weight is 383 g/mol. The van der Waals surface area contributed by atoms with E-state index in [2.05, 4.69) is 5.32 Å². The number of rotatable bonds is 5. The molecule has 0 radical (unpaired) electrons. The van der Waals surface area contributed by atoms with Crippen LogP contribution < -0.4 is 10.2 Å². The van der Waals surface area contributed by atoms with Gasteiger partial charge in [-0.25, -0.2) is 0 Å². The molecule has 2 aromatic carbocycles. The number of hydrogen-bond donors (Lipinski definition) is 1. The summed E-state index contributed by atoms with van der Waals surface area (Å²) in [5.41, 5.74) is 2.41. The van der Waals surface area contributed by atoms with Crippen LogP contribution in [-0.2, 0) is 16.0 Å². The predicted octanol–water partition coefficient (Wildman–Crippen LogP) is 4.74. The van der Waals surface area contributed by atoms with Crippen molar-refractivity contribution in [1.29, 1.82) is 0 Å². The number of nitrogens with one attached hydrogen (secondary N) is 1. The fourth-order valence-corrected chi connectivity index (χ4v) is 3.95. The van der Waals surface area contributed by atoms with Crippen LogP contribution in [0.3, 0.4) is 0 Å². The molecule has 2 aromatic rings. The van der Waals surface area contributed by atoms with Gasteiger partial charge in [-0.1, -0.05) is 45.0 Å². The molecule has 1 heterocycles. The number of carbonyl (C=O) groups excluding carboxylic acids is 2. The van der Waals surface area contributed by atoms with Crippen molar-refractivity contribution in [2.45, 2.75) is 38.5 Å². The standard InChI is InChI=1S/C22H26N2O2S/c1-22(2,3)21(26)24-13-11-16-9-10-17(15-19(16)24)23-20(25)12-14-27-18-7-5-4-6-8-18/h4-10,15H,11-14H2,1-3H3,(H,23,25). The first-order valence-corrected chi connectivity index (χ1v) is 10.3. The van der Waals surface area contributed by atoms with E-state index < -0.39 is 5.41 Å². The third-order valence-corrected chi connectivity index (χ3v) is 5.51. The minimum atomic E-state index is -0.421. The average Bonchev–Trinajstić information content (AvgIpc) is 3.04. The molecule has 2 amide bonds. The third-order valence-electron chi connectivity index (χ3n) is 4.49. The van der Waals surface area contributed by atoms with Gasteiger partial charge in [0.15, 0.2) is 0 Å². The van der Waals surface area contributed by atoms with Crippen molar-refractivity contribution >= 4 is 35.0 Å². The monoisotopic (exact) mass is 382 g/mol. The molecule has 0 aliphatic carbocycles. The first kappa shape index (κ1) is 19.5. The minimum absolute atomic E-state index is 0.00919. The van der Waals surface area contributed by atoms with Crippen LogP contribution in [0.1, 0.15) is 32.8 Å². The van der Waals surface area contributed by atoms with E-state index in [0.29, 0.717) is 13.0 Å². The van der Waals surface area contributed by atoms with Gasteiger partial charge in [-0.3, -0.25) is 9.59 Å². The highest BCUT2D eigenvalue weighted by atomic mass is 32.2.